The van der Waals surface area contributed by atoms with Gasteiger partial charge in [-0.15, -0.1) is 5.10 Å². The van der Waals surface area contributed by atoms with Crippen LogP contribution < -0.4 is 4.90 Å². The smallest absolute Gasteiger partial charge is 0.435 e. The van der Waals surface area contributed by atoms with Gasteiger partial charge in [0.15, 0.2) is 23.3 Å². The Bertz CT molecular complexity index is 1200. The lowest BCUT2D eigenvalue weighted by Gasteiger charge is -2.19. The Kier molecular flexibility index (Phi) is 5.93. The molecule has 0 unspecified atom stereocenters. The minimum Gasteiger partial charge on any atom is -0.442 e. The van der Waals surface area contributed by atoms with Crippen molar-refractivity contribution in [3.05, 3.63) is 57.7 Å². The Morgan fingerprint density at radius 3 is 2.56 bits per heavy atom. The molecule has 0 fully saturated rings. The number of aromatic nitrogens is 4. The molecule has 0 saturated carbocycles. The van der Waals surface area contributed by atoms with E-state index in [1.54, 1.807) is 46.8 Å². The molecule has 3 aromatic rings. The number of ether oxygens (including phenoxy) is 1. The molecule has 1 aromatic carbocycles. The average molecular weight is 442 g/mol. The summed E-state index contributed by atoms with van der Waals surface area (Å²) in [5.74, 6) is -0.441. The SMILES string of the molecule is Cc1ccc([N+](=O)[O-])cc1-c1ncc(F)c(N(C)c2cc(C)n(C(=O)OC(C)(C)C)n2)n1. The number of hydrogen-bond acceptors (Lipinski definition) is 8. The number of nitrogens with zero attached hydrogens (tertiary/aromatic N) is 6. The van der Waals surface area contributed by atoms with Crippen molar-refractivity contribution in [2.24, 2.45) is 0 Å². The number of non-ortho nitro benzene ring substituents is 1. The van der Waals surface area contributed by atoms with E-state index in [-0.39, 0.29) is 23.1 Å². The molecule has 0 aliphatic heterocycles. The lowest BCUT2D eigenvalue weighted by atomic mass is 10.1. The molecule has 0 spiro atoms. The van der Waals surface area contributed by atoms with Crippen LogP contribution in [-0.4, -0.2) is 43.4 Å². The Morgan fingerprint density at radius 1 is 1.25 bits per heavy atom. The quantitative estimate of drug-likeness (QED) is 0.427. The lowest BCUT2D eigenvalue weighted by molar-refractivity contribution is -0.384. The number of nitro groups is 1. The van der Waals surface area contributed by atoms with Gasteiger partial charge < -0.3 is 9.64 Å². The van der Waals surface area contributed by atoms with Gasteiger partial charge in [-0.25, -0.2) is 19.2 Å². The first kappa shape index (κ1) is 22.8. The Morgan fingerprint density at radius 2 is 1.94 bits per heavy atom. The van der Waals surface area contributed by atoms with Gasteiger partial charge in [0.05, 0.1) is 11.1 Å². The summed E-state index contributed by atoms with van der Waals surface area (Å²) < 4.78 is 21.0. The number of carbonyl (C=O) groups is 1. The maximum Gasteiger partial charge on any atom is 0.435 e. The van der Waals surface area contributed by atoms with E-state index >= 15 is 0 Å². The normalized spacial score (nSPS) is 11.3. The third-order valence-corrected chi connectivity index (χ3v) is 4.50. The van der Waals surface area contributed by atoms with Gasteiger partial charge in [0.25, 0.3) is 5.69 Å². The third-order valence-electron chi connectivity index (χ3n) is 4.50. The van der Waals surface area contributed by atoms with Crippen molar-refractivity contribution in [1.82, 2.24) is 19.7 Å². The van der Waals surface area contributed by atoms with Crippen molar-refractivity contribution in [2.45, 2.75) is 40.2 Å². The van der Waals surface area contributed by atoms with E-state index in [9.17, 15) is 19.3 Å². The van der Waals surface area contributed by atoms with Crippen molar-refractivity contribution in [1.29, 1.82) is 0 Å². The zero-order valence-corrected chi connectivity index (χ0v) is 18.6. The highest BCUT2D eigenvalue weighted by molar-refractivity contribution is 5.72. The zero-order chi connectivity index (χ0) is 23.8. The van der Waals surface area contributed by atoms with Crippen molar-refractivity contribution in [3.8, 4) is 11.4 Å². The molecule has 0 aliphatic carbocycles. The summed E-state index contributed by atoms with van der Waals surface area (Å²) in [4.78, 5) is 32.6. The summed E-state index contributed by atoms with van der Waals surface area (Å²) in [6.45, 7) is 8.64. The van der Waals surface area contributed by atoms with Crippen molar-refractivity contribution >= 4 is 23.4 Å². The first-order valence-corrected chi connectivity index (χ1v) is 9.69. The first-order valence-electron chi connectivity index (χ1n) is 9.69. The molecule has 2 aromatic heterocycles. The first-order chi connectivity index (χ1) is 14.9. The summed E-state index contributed by atoms with van der Waals surface area (Å²) in [5.41, 5.74) is 0.765. The van der Waals surface area contributed by atoms with Crippen molar-refractivity contribution < 1.29 is 18.8 Å². The van der Waals surface area contributed by atoms with Crippen LogP contribution in [0.3, 0.4) is 0 Å². The minimum atomic E-state index is -0.719. The van der Waals surface area contributed by atoms with Crippen LogP contribution in [-0.2, 0) is 4.74 Å². The van der Waals surface area contributed by atoms with Crippen LogP contribution in [0.1, 0.15) is 32.0 Å². The maximum absolute atomic E-state index is 14.6. The fraction of sp³-hybridized carbons (Fsp3) is 0.333. The molecule has 0 N–H and O–H groups in total. The number of nitro benzene ring substituents is 1. The predicted molar refractivity (Wildman–Crippen MR) is 115 cm³/mol. The van der Waals surface area contributed by atoms with Gasteiger partial charge in [-0.3, -0.25) is 10.1 Å². The van der Waals surface area contributed by atoms with E-state index in [1.807, 2.05) is 0 Å². The molecule has 10 nitrogen and oxygen atoms in total. The maximum atomic E-state index is 14.6. The number of halogens is 1. The highest BCUT2D eigenvalue weighted by Crippen LogP contribution is 2.29. The molecule has 0 aliphatic rings. The summed E-state index contributed by atoms with van der Waals surface area (Å²) >= 11 is 0. The molecule has 168 valence electrons. The average Bonchev–Trinajstić information content (AvgIpc) is 3.09. The van der Waals surface area contributed by atoms with E-state index < -0.39 is 22.4 Å². The number of hydrogen-bond donors (Lipinski definition) is 0. The molecule has 0 bridgehead atoms. The number of rotatable bonds is 4. The Hall–Kier alpha value is -3.89. The van der Waals surface area contributed by atoms with Gasteiger partial charge in [0, 0.05) is 36.5 Å². The number of anilines is 2. The molecular formula is C21H23FN6O4. The predicted octanol–water partition coefficient (Wildman–Crippen LogP) is 4.56. The molecule has 32 heavy (non-hydrogen) atoms. The van der Waals surface area contributed by atoms with Crippen molar-refractivity contribution in [3.63, 3.8) is 0 Å². The number of benzene rings is 1. The highest BCUT2D eigenvalue weighted by atomic mass is 19.1. The topological polar surface area (TPSA) is 116 Å². The van der Waals surface area contributed by atoms with Crippen LogP contribution in [0, 0.1) is 29.8 Å². The van der Waals surface area contributed by atoms with Gasteiger partial charge in [0.1, 0.15) is 5.60 Å². The zero-order valence-electron chi connectivity index (χ0n) is 18.6. The van der Waals surface area contributed by atoms with Crippen molar-refractivity contribution in [2.75, 3.05) is 11.9 Å². The van der Waals surface area contributed by atoms with Crippen LogP contribution in [0.15, 0.2) is 30.5 Å². The monoisotopic (exact) mass is 442 g/mol. The molecule has 11 heteroatoms. The molecule has 3 rings (SSSR count). The fourth-order valence-electron chi connectivity index (χ4n) is 2.91. The molecule has 0 atom stereocenters. The van der Waals surface area contributed by atoms with Crippen LogP contribution in [0.5, 0.6) is 0 Å². The minimum absolute atomic E-state index is 0.102. The van der Waals surface area contributed by atoms with Gasteiger partial charge in [-0.05, 0) is 40.2 Å². The van der Waals surface area contributed by atoms with Gasteiger partial charge in [0.2, 0.25) is 0 Å². The summed E-state index contributed by atoms with van der Waals surface area (Å²) in [5, 5.41) is 15.4. The molecule has 0 saturated heterocycles. The third kappa shape index (κ3) is 4.71. The van der Waals surface area contributed by atoms with Crippen LogP contribution in [0.4, 0.5) is 26.5 Å². The fourth-order valence-corrected chi connectivity index (χ4v) is 2.91. The molecule has 0 radical (unpaired) electrons. The Labute approximate surface area is 183 Å². The summed E-state index contributed by atoms with van der Waals surface area (Å²) in [7, 11) is 1.54. The van der Waals surface area contributed by atoms with Gasteiger partial charge in [-0.1, -0.05) is 6.07 Å². The second-order valence-electron chi connectivity index (χ2n) is 8.22. The largest absolute Gasteiger partial charge is 0.442 e. The van der Waals surface area contributed by atoms with Crippen LogP contribution >= 0.6 is 0 Å². The standard InChI is InChI=1S/C21H23FN6O4/c1-12-7-8-14(28(30)31)10-15(12)18-23-11-16(22)19(24-18)26(6)17-9-13(2)27(25-17)20(29)32-21(3,4)5/h7-11H,1-6H3. The summed E-state index contributed by atoms with van der Waals surface area (Å²) in [6.07, 6.45) is 0.329. The van der Waals surface area contributed by atoms with E-state index in [1.165, 1.54) is 24.1 Å². The van der Waals surface area contributed by atoms with Gasteiger partial charge in [-0.2, -0.15) is 4.68 Å². The van der Waals surface area contributed by atoms with Crippen LogP contribution in [0.2, 0.25) is 0 Å². The highest BCUT2D eigenvalue weighted by Gasteiger charge is 2.23. The van der Waals surface area contributed by atoms with Gasteiger partial charge >= 0.3 is 6.09 Å². The molecule has 0 amide bonds. The lowest BCUT2D eigenvalue weighted by Crippen LogP contribution is -2.28. The van der Waals surface area contributed by atoms with Crippen LogP contribution in [0.25, 0.3) is 11.4 Å². The van der Waals surface area contributed by atoms with E-state index in [4.69, 9.17) is 4.74 Å². The molecule has 2 heterocycles. The second kappa shape index (κ2) is 8.33. The van der Waals surface area contributed by atoms with E-state index in [0.29, 0.717) is 16.8 Å². The molecular weight excluding hydrogens is 419 g/mol. The summed E-state index contributed by atoms with van der Waals surface area (Å²) in [6, 6.07) is 5.88. The van der Waals surface area contributed by atoms with E-state index in [2.05, 4.69) is 15.1 Å². The Balaban J connectivity index is 2.00. The number of aryl methyl sites for hydroxylation is 2. The second-order valence-corrected chi connectivity index (χ2v) is 8.22. The number of carbonyl (C=O) groups excluding carboxylic acids is 1. The van der Waals surface area contributed by atoms with E-state index in [0.717, 1.165) is 10.9 Å².